The van der Waals surface area contributed by atoms with Crippen LogP contribution in [0.25, 0.3) is 11.0 Å². The van der Waals surface area contributed by atoms with E-state index in [0.29, 0.717) is 22.9 Å². The number of fused-ring (bicyclic) bond motifs is 1. The molecule has 0 fully saturated rings. The number of hydrogen-bond acceptors (Lipinski definition) is 5. The summed E-state index contributed by atoms with van der Waals surface area (Å²) in [6.07, 6.45) is 0.469. The number of aryl methyl sites for hydroxylation is 1. The van der Waals surface area contributed by atoms with Gasteiger partial charge in [-0.2, -0.15) is 0 Å². The predicted octanol–water partition coefficient (Wildman–Crippen LogP) is 3.62. The van der Waals surface area contributed by atoms with Crippen LogP contribution in [0.5, 0.6) is 11.5 Å². The van der Waals surface area contributed by atoms with E-state index in [2.05, 4.69) is 10.3 Å². The summed E-state index contributed by atoms with van der Waals surface area (Å²) in [5, 5.41) is 14.4. The Morgan fingerprint density at radius 3 is 2.75 bits per heavy atom. The van der Waals surface area contributed by atoms with E-state index in [1.807, 2.05) is 30.3 Å². The monoisotopic (exact) mass is 394 g/mol. The quantitative estimate of drug-likeness (QED) is 0.660. The van der Waals surface area contributed by atoms with Gasteiger partial charge < -0.3 is 19.6 Å². The van der Waals surface area contributed by atoms with Crippen molar-refractivity contribution < 1.29 is 14.3 Å². The summed E-state index contributed by atoms with van der Waals surface area (Å²) >= 11 is 5.32. The van der Waals surface area contributed by atoms with Crippen molar-refractivity contribution in [1.82, 2.24) is 5.32 Å². The highest BCUT2D eigenvalue weighted by atomic mass is 32.1. The number of aliphatic imine (C=N–C) groups is 1. The minimum Gasteiger partial charge on any atom is -0.507 e. The van der Waals surface area contributed by atoms with Crippen molar-refractivity contribution in [2.45, 2.75) is 19.4 Å². The van der Waals surface area contributed by atoms with Gasteiger partial charge in [0.25, 0.3) is 0 Å². The third-order valence-electron chi connectivity index (χ3n) is 4.70. The molecule has 0 bridgehead atoms. The summed E-state index contributed by atoms with van der Waals surface area (Å²) in [5.41, 5.74) is 2.25. The van der Waals surface area contributed by atoms with E-state index in [1.165, 1.54) is 19.2 Å². The van der Waals surface area contributed by atoms with E-state index in [1.54, 1.807) is 6.92 Å². The fraction of sp³-hybridized carbons (Fsp3) is 0.190. The highest BCUT2D eigenvalue weighted by Crippen LogP contribution is 2.41. The topological polar surface area (TPSA) is 84.1 Å². The molecule has 2 N–H and O–H groups in total. The number of thiocarbonyl (C=S) groups is 1. The molecule has 1 aromatic heterocycles. The van der Waals surface area contributed by atoms with Crippen LogP contribution in [0.4, 0.5) is 0 Å². The van der Waals surface area contributed by atoms with E-state index >= 15 is 0 Å². The number of methoxy groups -OCH3 is 1. The van der Waals surface area contributed by atoms with E-state index in [4.69, 9.17) is 21.4 Å². The van der Waals surface area contributed by atoms with Gasteiger partial charge in [0.15, 0.2) is 10.5 Å². The van der Waals surface area contributed by atoms with Crippen LogP contribution in [-0.4, -0.2) is 23.0 Å². The highest BCUT2D eigenvalue weighted by molar-refractivity contribution is 7.80. The van der Waals surface area contributed by atoms with Crippen molar-refractivity contribution >= 4 is 34.0 Å². The Bertz CT molecular complexity index is 1170. The predicted molar refractivity (Wildman–Crippen MR) is 112 cm³/mol. The molecular formula is C21H18N2O4S. The Kier molecular flexibility index (Phi) is 4.60. The molecule has 0 spiro atoms. The third-order valence-corrected chi connectivity index (χ3v) is 4.91. The van der Waals surface area contributed by atoms with Crippen molar-refractivity contribution in [3.8, 4) is 11.5 Å². The van der Waals surface area contributed by atoms with Gasteiger partial charge in [-0.3, -0.25) is 4.79 Å². The molecule has 6 nitrogen and oxygen atoms in total. The maximum absolute atomic E-state index is 12.6. The molecule has 0 amide bonds. The number of phenols is 1. The number of hydrogen-bond donors (Lipinski definition) is 2. The van der Waals surface area contributed by atoms with Crippen LogP contribution in [0.2, 0.25) is 0 Å². The summed E-state index contributed by atoms with van der Waals surface area (Å²) in [6.45, 7) is 1.68. The Labute approximate surface area is 166 Å². The molecule has 4 rings (SSSR count). The summed E-state index contributed by atoms with van der Waals surface area (Å²) in [7, 11) is 1.46. The van der Waals surface area contributed by atoms with Gasteiger partial charge in [0.1, 0.15) is 28.2 Å². The van der Waals surface area contributed by atoms with Gasteiger partial charge in [-0.1, -0.05) is 30.3 Å². The molecule has 1 aliphatic rings. The molecule has 0 saturated carbocycles. The summed E-state index contributed by atoms with van der Waals surface area (Å²) < 4.78 is 11.2. The Morgan fingerprint density at radius 2 is 2.04 bits per heavy atom. The first-order chi connectivity index (χ1) is 13.5. The molecule has 1 unspecified atom stereocenters. The zero-order valence-electron chi connectivity index (χ0n) is 15.4. The Morgan fingerprint density at radius 1 is 1.29 bits per heavy atom. The molecule has 0 radical (unpaired) electrons. The molecule has 2 aromatic carbocycles. The molecule has 0 aliphatic carbocycles. The Balaban J connectivity index is 1.87. The highest BCUT2D eigenvalue weighted by Gasteiger charge is 2.29. The number of ether oxygens (including phenoxy) is 1. The largest absolute Gasteiger partial charge is 0.507 e. The van der Waals surface area contributed by atoms with Crippen LogP contribution in [0, 0.1) is 6.92 Å². The standard InChI is InChI=1S/C21H18N2O4S/c1-11-8-15(24)19-17(27-11)10-16(25)18(20(19)26-2)14-9-13(22-21(28)23-14)12-6-4-3-5-7-12/h3-8,10,14,25H,9H2,1-2H3,(H,23,28). The maximum atomic E-state index is 12.6. The van der Waals surface area contributed by atoms with Crippen LogP contribution in [0.15, 0.2) is 56.7 Å². The van der Waals surface area contributed by atoms with Crippen LogP contribution in [0.3, 0.4) is 0 Å². The molecule has 142 valence electrons. The average molecular weight is 394 g/mol. The molecule has 0 saturated heterocycles. The fourth-order valence-electron chi connectivity index (χ4n) is 3.54. The summed E-state index contributed by atoms with van der Waals surface area (Å²) in [5.74, 6) is 0.702. The van der Waals surface area contributed by atoms with Crippen molar-refractivity contribution in [2.24, 2.45) is 4.99 Å². The molecule has 1 aliphatic heterocycles. The van der Waals surface area contributed by atoms with Gasteiger partial charge in [-0.05, 0) is 24.7 Å². The molecule has 28 heavy (non-hydrogen) atoms. The van der Waals surface area contributed by atoms with Crippen LogP contribution < -0.4 is 15.5 Å². The first-order valence-electron chi connectivity index (χ1n) is 8.75. The van der Waals surface area contributed by atoms with E-state index in [9.17, 15) is 9.90 Å². The average Bonchev–Trinajstić information content (AvgIpc) is 2.66. The zero-order chi connectivity index (χ0) is 19.8. The van der Waals surface area contributed by atoms with E-state index < -0.39 is 6.04 Å². The molecule has 3 aromatic rings. The van der Waals surface area contributed by atoms with Gasteiger partial charge in [-0.15, -0.1) is 0 Å². The summed E-state index contributed by atoms with van der Waals surface area (Å²) in [6, 6.07) is 12.2. The number of aromatic hydroxyl groups is 1. The molecule has 1 atom stereocenters. The SMILES string of the molecule is COc1c(C2CC(c3ccccc3)=NC(=S)N2)c(O)cc2oc(C)cc(=O)c12. The lowest BCUT2D eigenvalue weighted by Gasteiger charge is -2.27. The molecular weight excluding hydrogens is 376 g/mol. The minimum atomic E-state index is -0.403. The van der Waals surface area contributed by atoms with Crippen molar-refractivity contribution in [2.75, 3.05) is 7.11 Å². The second kappa shape index (κ2) is 7.09. The van der Waals surface area contributed by atoms with E-state index in [0.717, 1.165) is 11.3 Å². The lowest BCUT2D eigenvalue weighted by atomic mass is 9.93. The van der Waals surface area contributed by atoms with Gasteiger partial charge >= 0.3 is 0 Å². The Hall–Kier alpha value is -3.19. The van der Waals surface area contributed by atoms with Crippen LogP contribution >= 0.6 is 12.2 Å². The summed E-state index contributed by atoms with van der Waals surface area (Å²) in [4.78, 5) is 17.0. The minimum absolute atomic E-state index is 0.0345. The lowest BCUT2D eigenvalue weighted by Crippen LogP contribution is -2.33. The number of nitrogens with zero attached hydrogens (tertiary/aromatic N) is 1. The second-order valence-corrected chi connectivity index (χ2v) is 6.95. The van der Waals surface area contributed by atoms with Crippen molar-refractivity contribution in [1.29, 1.82) is 0 Å². The number of nitrogens with one attached hydrogen (secondary N) is 1. The molecule has 2 heterocycles. The second-order valence-electron chi connectivity index (χ2n) is 6.57. The lowest BCUT2D eigenvalue weighted by molar-refractivity contribution is 0.394. The van der Waals surface area contributed by atoms with E-state index in [-0.39, 0.29) is 27.9 Å². The number of rotatable bonds is 3. The van der Waals surface area contributed by atoms with Crippen LogP contribution in [0.1, 0.15) is 29.3 Å². The van der Waals surface area contributed by atoms with Gasteiger partial charge in [0.05, 0.1) is 24.4 Å². The van der Waals surface area contributed by atoms with Gasteiger partial charge in [-0.25, -0.2) is 4.99 Å². The number of phenolic OH excluding ortho intramolecular Hbond substituents is 1. The smallest absolute Gasteiger partial charge is 0.196 e. The molecule has 7 heteroatoms. The van der Waals surface area contributed by atoms with Crippen molar-refractivity contribution in [3.05, 3.63) is 69.6 Å². The first kappa shape index (κ1) is 18.2. The maximum Gasteiger partial charge on any atom is 0.196 e. The fourth-order valence-corrected chi connectivity index (χ4v) is 3.79. The first-order valence-corrected chi connectivity index (χ1v) is 9.16. The van der Waals surface area contributed by atoms with Gasteiger partial charge in [0, 0.05) is 18.6 Å². The van der Waals surface area contributed by atoms with Gasteiger partial charge in [0.2, 0.25) is 0 Å². The number of benzene rings is 2. The van der Waals surface area contributed by atoms with Crippen molar-refractivity contribution in [3.63, 3.8) is 0 Å². The third kappa shape index (κ3) is 3.14. The zero-order valence-corrected chi connectivity index (χ0v) is 16.2. The normalized spacial score (nSPS) is 16.6. The van der Waals surface area contributed by atoms with Crippen LogP contribution in [-0.2, 0) is 0 Å².